The van der Waals surface area contributed by atoms with Crippen molar-refractivity contribution in [3.05, 3.63) is 34.9 Å². The minimum Gasteiger partial charge on any atom is -0.336 e. The molecule has 0 spiro atoms. The van der Waals surface area contributed by atoms with Gasteiger partial charge in [0.15, 0.2) is 0 Å². The van der Waals surface area contributed by atoms with Crippen LogP contribution in [-0.4, -0.2) is 23.9 Å². The van der Waals surface area contributed by atoms with E-state index in [-0.39, 0.29) is 24.4 Å². The first-order valence-electron chi connectivity index (χ1n) is 6.47. The first-order chi connectivity index (χ1) is 8.72. The summed E-state index contributed by atoms with van der Waals surface area (Å²) in [4.78, 5) is 14.1. The summed E-state index contributed by atoms with van der Waals surface area (Å²) in [6.45, 7) is 1.43. The molecule has 106 valence electrons. The van der Waals surface area contributed by atoms with Crippen molar-refractivity contribution >= 4 is 29.9 Å². The molecule has 5 heteroatoms. The monoisotopic (exact) mass is 302 g/mol. The van der Waals surface area contributed by atoms with Gasteiger partial charge in [0, 0.05) is 18.0 Å². The molecule has 1 atom stereocenters. The molecule has 3 nitrogen and oxygen atoms in total. The number of amides is 1. The van der Waals surface area contributed by atoms with E-state index in [0.29, 0.717) is 13.0 Å². The van der Waals surface area contributed by atoms with Crippen molar-refractivity contribution in [3.8, 4) is 0 Å². The minimum absolute atomic E-state index is 0. The maximum absolute atomic E-state index is 12.1. The van der Waals surface area contributed by atoms with Crippen LogP contribution in [0, 0.1) is 0 Å². The molecule has 19 heavy (non-hydrogen) atoms. The van der Waals surface area contributed by atoms with Crippen LogP contribution in [-0.2, 0) is 4.79 Å². The predicted molar refractivity (Wildman–Crippen MR) is 80.7 cm³/mol. The summed E-state index contributed by atoms with van der Waals surface area (Å²) >= 11 is 5.89. The fourth-order valence-corrected chi connectivity index (χ4v) is 2.62. The Balaban J connectivity index is 0.00000180. The van der Waals surface area contributed by atoms with Crippen LogP contribution in [0.1, 0.15) is 37.3 Å². The van der Waals surface area contributed by atoms with Crippen LogP contribution in [0.5, 0.6) is 0 Å². The minimum atomic E-state index is 0. The number of rotatable bonds is 4. The van der Waals surface area contributed by atoms with Crippen molar-refractivity contribution in [2.45, 2.75) is 31.7 Å². The van der Waals surface area contributed by atoms with Gasteiger partial charge in [0.25, 0.3) is 0 Å². The number of benzene rings is 1. The number of likely N-dealkylation sites (tertiary alicyclic amines) is 1. The number of nitrogens with zero attached hydrogens (tertiary/aromatic N) is 1. The summed E-state index contributed by atoms with van der Waals surface area (Å²) in [7, 11) is 0. The van der Waals surface area contributed by atoms with E-state index >= 15 is 0 Å². The van der Waals surface area contributed by atoms with Crippen LogP contribution in [0.2, 0.25) is 5.02 Å². The number of nitrogens with two attached hydrogens (primary N) is 1. The van der Waals surface area contributed by atoms with Gasteiger partial charge < -0.3 is 10.6 Å². The Morgan fingerprint density at radius 3 is 2.68 bits per heavy atom. The van der Waals surface area contributed by atoms with Crippen LogP contribution < -0.4 is 5.73 Å². The molecule has 1 amide bonds. The Labute approximate surface area is 125 Å². The molecule has 2 rings (SSSR count). The number of hydrogen-bond acceptors (Lipinski definition) is 2. The maximum atomic E-state index is 12.1. The lowest BCUT2D eigenvalue weighted by molar-refractivity contribution is -0.132. The van der Waals surface area contributed by atoms with Gasteiger partial charge in [-0.15, -0.1) is 12.4 Å². The van der Waals surface area contributed by atoms with E-state index in [2.05, 4.69) is 0 Å². The van der Waals surface area contributed by atoms with Gasteiger partial charge in [0.05, 0.1) is 6.04 Å². The highest BCUT2D eigenvalue weighted by atomic mass is 35.5. The fraction of sp³-hybridized carbons (Fsp3) is 0.500. The van der Waals surface area contributed by atoms with E-state index in [1.54, 1.807) is 0 Å². The Hall–Kier alpha value is -0.770. The molecular formula is C14H20Cl2N2O. The fourth-order valence-electron chi connectivity index (χ4n) is 2.49. The molecule has 0 saturated carbocycles. The Morgan fingerprint density at radius 1 is 1.37 bits per heavy atom. The van der Waals surface area contributed by atoms with Crippen LogP contribution in [0.4, 0.5) is 0 Å². The van der Waals surface area contributed by atoms with Gasteiger partial charge in [-0.2, -0.15) is 0 Å². The molecule has 1 fully saturated rings. The van der Waals surface area contributed by atoms with Crippen molar-refractivity contribution < 1.29 is 4.79 Å². The molecule has 0 aromatic heterocycles. The first kappa shape index (κ1) is 16.3. The summed E-state index contributed by atoms with van der Waals surface area (Å²) in [5.74, 6) is 0.220. The topological polar surface area (TPSA) is 46.3 Å². The highest BCUT2D eigenvalue weighted by Gasteiger charge is 2.29. The molecule has 1 aromatic rings. The van der Waals surface area contributed by atoms with Gasteiger partial charge in [-0.25, -0.2) is 0 Å². The van der Waals surface area contributed by atoms with E-state index in [1.165, 1.54) is 5.56 Å². The number of halogens is 2. The molecule has 1 aromatic carbocycles. The molecule has 1 unspecified atom stereocenters. The van der Waals surface area contributed by atoms with E-state index in [9.17, 15) is 4.79 Å². The molecule has 1 aliphatic heterocycles. The summed E-state index contributed by atoms with van der Waals surface area (Å²) in [5.41, 5.74) is 6.63. The Morgan fingerprint density at radius 2 is 2.05 bits per heavy atom. The van der Waals surface area contributed by atoms with Crippen molar-refractivity contribution in [3.63, 3.8) is 0 Å². The van der Waals surface area contributed by atoms with Gasteiger partial charge in [-0.3, -0.25) is 4.79 Å². The third-order valence-corrected chi connectivity index (χ3v) is 3.67. The highest BCUT2D eigenvalue weighted by Crippen LogP contribution is 2.32. The Bertz CT molecular complexity index is 408. The summed E-state index contributed by atoms with van der Waals surface area (Å²) in [6.07, 6.45) is 3.43. The van der Waals surface area contributed by atoms with Crippen molar-refractivity contribution in [2.75, 3.05) is 13.1 Å². The Kier molecular flexibility index (Phi) is 6.63. The molecule has 0 radical (unpaired) electrons. The number of hydrogen-bond donors (Lipinski definition) is 1. The van der Waals surface area contributed by atoms with Crippen LogP contribution in [0.25, 0.3) is 0 Å². The predicted octanol–water partition coefficient (Wildman–Crippen LogP) is 3.16. The molecular weight excluding hydrogens is 283 g/mol. The van der Waals surface area contributed by atoms with Crippen molar-refractivity contribution in [2.24, 2.45) is 5.73 Å². The SMILES string of the molecule is Cl.NCCCC(=O)N1CCCC1c1ccc(Cl)cc1. The van der Waals surface area contributed by atoms with E-state index in [0.717, 1.165) is 30.8 Å². The summed E-state index contributed by atoms with van der Waals surface area (Å²) in [6, 6.07) is 8.02. The van der Waals surface area contributed by atoms with Gasteiger partial charge in [0.1, 0.15) is 0 Å². The standard InChI is InChI=1S/C14H19ClN2O.ClH/c15-12-7-5-11(6-8-12)13-3-2-10-17(13)14(18)4-1-9-16;/h5-8,13H,1-4,9-10,16H2;1H. The third kappa shape index (κ3) is 4.10. The molecule has 1 saturated heterocycles. The molecule has 0 aliphatic carbocycles. The van der Waals surface area contributed by atoms with Crippen LogP contribution in [0.3, 0.4) is 0 Å². The summed E-state index contributed by atoms with van der Waals surface area (Å²) in [5, 5.41) is 0.734. The quantitative estimate of drug-likeness (QED) is 0.928. The summed E-state index contributed by atoms with van der Waals surface area (Å²) < 4.78 is 0. The second-order valence-electron chi connectivity index (χ2n) is 4.69. The lowest BCUT2D eigenvalue weighted by atomic mass is 10.0. The lowest BCUT2D eigenvalue weighted by Crippen LogP contribution is -2.30. The van der Waals surface area contributed by atoms with Gasteiger partial charge in [0.2, 0.25) is 5.91 Å². The first-order valence-corrected chi connectivity index (χ1v) is 6.85. The number of carbonyl (C=O) groups is 1. The van der Waals surface area contributed by atoms with Crippen molar-refractivity contribution in [1.82, 2.24) is 4.90 Å². The molecule has 1 heterocycles. The lowest BCUT2D eigenvalue weighted by Gasteiger charge is -2.25. The van der Waals surface area contributed by atoms with E-state index in [1.807, 2.05) is 29.2 Å². The zero-order chi connectivity index (χ0) is 13.0. The normalized spacial score (nSPS) is 18.2. The van der Waals surface area contributed by atoms with Gasteiger partial charge >= 0.3 is 0 Å². The molecule has 2 N–H and O–H groups in total. The molecule has 0 bridgehead atoms. The zero-order valence-corrected chi connectivity index (χ0v) is 12.4. The smallest absolute Gasteiger partial charge is 0.223 e. The maximum Gasteiger partial charge on any atom is 0.223 e. The molecule has 1 aliphatic rings. The number of carbonyl (C=O) groups excluding carboxylic acids is 1. The van der Waals surface area contributed by atoms with Crippen LogP contribution in [0.15, 0.2) is 24.3 Å². The average molecular weight is 303 g/mol. The van der Waals surface area contributed by atoms with Crippen molar-refractivity contribution in [1.29, 1.82) is 0 Å². The van der Waals surface area contributed by atoms with Gasteiger partial charge in [-0.05, 0) is 43.5 Å². The zero-order valence-electron chi connectivity index (χ0n) is 10.8. The van der Waals surface area contributed by atoms with Gasteiger partial charge in [-0.1, -0.05) is 23.7 Å². The third-order valence-electron chi connectivity index (χ3n) is 3.42. The average Bonchev–Trinajstić information content (AvgIpc) is 2.86. The second kappa shape index (κ2) is 7.73. The van der Waals surface area contributed by atoms with E-state index < -0.39 is 0 Å². The van der Waals surface area contributed by atoms with Crippen LogP contribution >= 0.6 is 24.0 Å². The van der Waals surface area contributed by atoms with E-state index in [4.69, 9.17) is 17.3 Å². The highest BCUT2D eigenvalue weighted by molar-refractivity contribution is 6.30. The largest absolute Gasteiger partial charge is 0.336 e. The second-order valence-corrected chi connectivity index (χ2v) is 5.13.